The van der Waals surface area contributed by atoms with Crippen molar-refractivity contribution in [3.8, 4) is 0 Å². The van der Waals surface area contributed by atoms with Crippen molar-refractivity contribution in [1.82, 2.24) is 0 Å². The summed E-state index contributed by atoms with van der Waals surface area (Å²) in [5.74, 6) is -0.369. The summed E-state index contributed by atoms with van der Waals surface area (Å²) in [6, 6.07) is 9.50. The van der Waals surface area contributed by atoms with Gasteiger partial charge in [0, 0.05) is 29.5 Å². The van der Waals surface area contributed by atoms with Crippen molar-refractivity contribution in [2.75, 3.05) is 41.2 Å². The van der Waals surface area contributed by atoms with Crippen molar-refractivity contribution in [2.24, 2.45) is 0 Å². The predicted octanol–water partition coefficient (Wildman–Crippen LogP) is 5.22. The van der Waals surface area contributed by atoms with Crippen LogP contribution >= 0.6 is 22.9 Å². The molecule has 1 aliphatic heterocycles. The first-order chi connectivity index (χ1) is 16.2. The van der Waals surface area contributed by atoms with E-state index in [9.17, 15) is 13.2 Å². The fraction of sp³-hybridized carbons (Fsp3) is 0.292. The number of anilines is 3. The fourth-order valence-electron chi connectivity index (χ4n) is 4.19. The Morgan fingerprint density at radius 2 is 1.74 bits per heavy atom. The van der Waals surface area contributed by atoms with E-state index in [0.29, 0.717) is 18.2 Å². The Balaban J connectivity index is 1.60. The molecule has 2 heterocycles. The van der Waals surface area contributed by atoms with Gasteiger partial charge in [0.2, 0.25) is 0 Å². The highest BCUT2D eigenvalue weighted by atomic mass is 35.5. The molecule has 3 aromatic rings. The largest absolute Gasteiger partial charge is 0.378 e. The average molecular weight is 520 g/mol. The van der Waals surface area contributed by atoms with Crippen molar-refractivity contribution >= 4 is 55.9 Å². The number of rotatable bonds is 6. The highest BCUT2D eigenvalue weighted by Gasteiger charge is 2.23. The van der Waals surface area contributed by atoms with Gasteiger partial charge < -0.3 is 15.0 Å². The van der Waals surface area contributed by atoms with E-state index in [1.54, 1.807) is 11.4 Å². The molecule has 1 amide bonds. The quantitative estimate of drug-likeness (QED) is 0.466. The molecule has 1 aromatic heterocycles. The summed E-state index contributed by atoms with van der Waals surface area (Å²) in [6.45, 7) is 8.94. The zero-order chi connectivity index (χ0) is 24.5. The molecule has 34 heavy (non-hydrogen) atoms. The predicted molar refractivity (Wildman–Crippen MR) is 138 cm³/mol. The van der Waals surface area contributed by atoms with Crippen LogP contribution in [0.1, 0.15) is 26.4 Å². The molecular weight excluding hydrogens is 494 g/mol. The van der Waals surface area contributed by atoms with E-state index in [0.717, 1.165) is 41.2 Å². The molecule has 1 fully saturated rings. The maximum atomic E-state index is 13.3. The molecule has 180 valence electrons. The lowest BCUT2D eigenvalue weighted by atomic mass is 10.0. The molecule has 10 heteroatoms. The second kappa shape index (κ2) is 9.95. The van der Waals surface area contributed by atoms with Crippen LogP contribution in [0.2, 0.25) is 5.02 Å². The summed E-state index contributed by atoms with van der Waals surface area (Å²) >= 11 is 7.04. The Morgan fingerprint density at radius 1 is 1.06 bits per heavy atom. The molecule has 0 atom stereocenters. The number of nitrogens with zero attached hydrogens (tertiary/aromatic N) is 1. The molecule has 1 aliphatic rings. The SMILES string of the molecule is Cc1cc(C)c(N2CCOCC2)c(C)c1NC(=O)c1sccc1NS(=O)(=O)c1ccc(Cl)cc1. The minimum Gasteiger partial charge on any atom is -0.378 e. The van der Waals surface area contributed by atoms with Gasteiger partial charge in [0.05, 0.1) is 23.8 Å². The number of amides is 1. The standard InChI is InChI=1S/C24H26ClN3O4S2/c1-15-14-16(2)22(28-9-11-32-12-10-28)17(3)21(15)26-24(29)23-20(8-13-33-23)27-34(30,31)19-6-4-18(25)5-7-19/h4-8,13-14,27H,9-12H2,1-3H3,(H,26,29). The second-order valence-corrected chi connectivity index (χ2v) is 11.2. The number of halogens is 1. The van der Waals surface area contributed by atoms with Crippen LogP contribution in [-0.2, 0) is 14.8 Å². The van der Waals surface area contributed by atoms with Gasteiger partial charge in [-0.25, -0.2) is 8.42 Å². The molecule has 0 unspecified atom stereocenters. The first-order valence-corrected chi connectivity index (χ1v) is 13.5. The van der Waals surface area contributed by atoms with E-state index < -0.39 is 10.0 Å². The maximum Gasteiger partial charge on any atom is 0.267 e. The molecule has 4 rings (SSSR count). The van der Waals surface area contributed by atoms with Gasteiger partial charge in [0.15, 0.2) is 0 Å². The number of ether oxygens (including phenoxy) is 1. The number of carbonyl (C=O) groups excluding carboxylic acids is 1. The minimum atomic E-state index is -3.87. The van der Waals surface area contributed by atoms with Gasteiger partial charge in [-0.1, -0.05) is 17.7 Å². The van der Waals surface area contributed by atoms with Crippen molar-refractivity contribution < 1.29 is 17.9 Å². The van der Waals surface area contributed by atoms with Crippen LogP contribution in [0, 0.1) is 20.8 Å². The van der Waals surface area contributed by atoms with E-state index in [1.165, 1.54) is 35.6 Å². The van der Waals surface area contributed by atoms with Crippen LogP contribution in [0.15, 0.2) is 46.7 Å². The number of sulfonamides is 1. The minimum absolute atomic E-state index is 0.0647. The number of morpholine rings is 1. The molecule has 7 nitrogen and oxygen atoms in total. The van der Waals surface area contributed by atoms with Crippen molar-refractivity contribution in [3.63, 3.8) is 0 Å². The molecule has 1 saturated heterocycles. The third-order valence-corrected chi connectivity index (χ3v) is 8.28. The maximum absolute atomic E-state index is 13.3. The van der Waals surface area contributed by atoms with E-state index in [2.05, 4.69) is 27.9 Å². The van der Waals surface area contributed by atoms with Gasteiger partial charge in [-0.3, -0.25) is 9.52 Å². The van der Waals surface area contributed by atoms with Gasteiger partial charge in [0.25, 0.3) is 15.9 Å². The van der Waals surface area contributed by atoms with Gasteiger partial charge in [0.1, 0.15) is 4.88 Å². The van der Waals surface area contributed by atoms with Crippen LogP contribution in [0.3, 0.4) is 0 Å². The lowest BCUT2D eigenvalue weighted by molar-refractivity contribution is 0.103. The molecule has 0 aliphatic carbocycles. The highest BCUT2D eigenvalue weighted by Crippen LogP contribution is 2.35. The van der Waals surface area contributed by atoms with E-state index in [1.807, 2.05) is 13.8 Å². The number of hydrogen-bond acceptors (Lipinski definition) is 6. The van der Waals surface area contributed by atoms with Crippen LogP contribution in [0.5, 0.6) is 0 Å². The third kappa shape index (κ3) is 5.07. The highest BCUT2D eigenvalue weighted by molar-refractivity contribution is 7.92. The van der Waals surface area contributed by atoms with E-state index >= 15 is 0 Å². The normalized spacial score (nSPS) is 14.2. The van der Waals surface area contributed by atoms with Crippen LogP contribution in [0.4, 0.5) is 17.1 Å². The molecule has 2 aromatic carbocycles. The number of nitrogens with one attached hydrogen (secondary N) is 2. The summed E-state index contributed by atoms with van der Waals surface area (Å²) in [6.07, 6.45) is 0. The Kier molecular flexibility index (Phi) is 7.18. The van der Waals surface area contributed by atoms with Crippen molar-refractivity contribution in [3.05, 3.63) is 68.4 Å². The summed E-state index contributed by atoms with van der Waals surface area (Å²) < 4.78 is 33.6. The number of hydrogen-bond donors (Lipinski definition) is 2. The number of benzene rings is 2. The second-order valence-electron chi connectivity index (χ2n) is 8.14. The molecule has 0 bridgehead atoms. The molecule has 0 spiro atoms. The molecular formula is C24H26ClN3O4S2. The molecule has 2 N–H and O–H groups in total. The Hall–Kier alpha value is -2.59. The lowest BCUT2D eigenvalue weighted by Crippen LogP contribution is -2.37. The lowest BCUT2D eigenvalue weighted by Gasteiger charge is -2.32. The summed E-state index contributed by atoms with van der Waals surface area (Å²) in [7, 11) is -3.87. The number of carbonyl (C=O) groups is 1. The number of aryl methyl sites for hydroxylation is 2. The van der Waals surface area contributed by atoms with Crippen LogP contribution < -0.4 is 14.9 Å². The first-order valence-electron chi connectivity index (χ1n) is 10.8. The topological polar surface area (TPSA) is 87.7 Å². The van der Waals surface area contributed by atoms with Crippen LogP contribution in [-0.4, -0.2) is 40.6 Å². The van der Waals surface area contributed by atoms with Gasteiger partial charge in [-0.2, -0.15) is 0 Å². The van der Waals surface area contributed by atoms with E-state index in [4.69, 9.17) is 16.3 Å². The first kappa shape index (κ1) is 24.5. The Bertz CT molecular complexity index is 1310. The fourth-order valence-corrected chi connectivity index (χ4v) is 6.20. The van der Waals surface area contributed by atoms with Gasteiger partial charge in [-0.15, -0.1) is 11.3 Å². The molecule has 0 saturated carbocycles. The van der Waals surface area contributed by atoms with Crippen molar-refractivity contribution in [1.29, 1.82) is 0 Å². The van der Waals surface area contributed by atoms with Gasteiger partial charge >= 0.3 is 0 Å². The zero-order valence-electron chi connectivity index (χ0n) is 19.1. The van der Waals surface area contributed by atoms with Gasteiger partial charge in [-0.05, 0) is 73.2 Å². The summed E-state index contributed by atoms with van der Waals surface area (Å²) in [5, 5.41) is 5.15. The number of thiophene rings is 1. The third-order valence-electron chi connectivity index (χ3n) is 5.74. The van der Waals surface area contributed by atoms with Crippen LogP contribution in [0.25, 0.3) is 0 Å². The Labute approximate surface area is 208 Å². The Morgan fingerprint density at radius 3 is 2.41 bits per heavy atom. The summed E-state index contributed by atoms with van der Waals surface area (Å²) in [4.78, 5) is 15.9. The average Bonchev–Trinajstić information content (AvgIpc) is 3.25. The van der Waals surface area contributed by atoms with E-state index in [-0.39, 0.29) is 21.4 Å². The molecule has 0 radical (unpaired) electrons. The summed E-state index contributed by atoms with van der Waals surface area (Å²) in [5.41, 5.74) is 5.12. The smallest absolute Gasteiger partial charge is 0.267 e. The zero-order valence-corrected chi connectivity index (χ0v) is 21.5. The monoisotopic (exact) mass is 519 g/mol. The van der Waals surface area contributed by atoms with Crippen molar-refractivity contribution in [2.45, 2.75) is 25.7 Å².